The fraction of sp³-hybridized carbons (Fsp3) is 0.727. The van der Waals surface area contributed by atoms with Gasteiger partial charge in [0.25, 0.3) is 0 Å². The quantitative estimate of drug-likeness (QED) is 0.231. The van der Waals surface area contributed by atoms with E-state index in [4.69, 9.17) is 14.2 Å². The Labute approximate surface area is 199 Å². The summed E-state index contributed by atoms with van der Waals surface area (Å²) in [5, 5.41) is 7.17. The molecule has 34 heavy (non-hydrogen) atoms. The first-order chi connectivity index (χ1) is 15.5. The predicted molar refractivity (Wildman–Crippen MR) is 122 cm³/mol. The molecule has 3 amide bonds. The summed E-state index contributed by atoms with van der Waals surface area (Å²) in [6.45, 7) is 12.7. The molecule has 0 aliphatic heterocycles. The predicted octanol–water partition coefficient (Wildman–Crippen LogP) is 1.95. The summed E-state index contributed by atoms with van der Waals surface area (Å²) in [7, 11) is 0. The zero-order valence-electron chi connectivity index (χ0n) is 21.1. The van der Waals surface area contributed by atoms with Crippen molar-refractivity contribution in [1.82, 2.24) is 16.0 Å². The van der Waals surface area contributed by atoms with Gasteiger partial charge >= 0.3 is 18.2 Å². The Kier molecular flexibility index (Phi) is 9.59. The minimum atomic E-state index is -1.52. The van der Waals surface area contributed by atoms with Crippen LogP contribution in [0.2, 0.25) is 0 Å². The Morgan fingerprint density at radius 1 is 1.00 bits per heavy atom. The van der Waals surface area contributed by atoms with Gasteiger partial charge in [-0.15, -0.1) is 0 Å². The first-order valence-electron chi connectivity index (χ1n) is 11.0. The van der Waals surface area contributed by atoms with Crippen LogP contribution in [0.25, 0.3) is 0 Å². The number of ether oxygens (including phenoxy) is 3. The van der Waals surface area contributed by atoms with Gasteiger partial charge in [-0.25, -0.2) is 19.4 Å². The maximum Gasteiger partial charge on any atom is 0.414 e. The van der Waals surface area contributed by atoms with Crippen molar-refractivity contribution < 1.29 is 38.2 Å². The van der Waals surface area contributed by atoms with Crippen LogP contribution in [0.1, 0.15) is 74.7 Å². The summed E-state index contributed by atoms with van der Waals surface area (Å²) in [6, 6.07) is -1.34. The Bertz CT molecular complexity index is 809. The molecule has 0 spiro atoms. The molecule has 1 aliphatic rings. The summed E-state index contributed by atoms with van der Waals surface area (Å²) < 4.78 is 15.6. The number of guanidine groups is 1. The molecule has 12 nitrogen and oxygen atoms in total. The van der Waals surface area contributed by atoms with E-state index in [9.17, 15) is 24.0 Å². The molecule has 1 aliphatic carbocycles. The highest BCUT2D eigenvalue weighted by molar-refractivity contribution is 6.02. The lowest BCUT2D eigenvalue weighted by Crippen LogP contribution is -2.57. The van der Waals surface area contributed by atoms with Gasteiger partial charge in [-0.1, -0.05) is 0 Å². The van der Waals surface area contributed by atoms with Gasteiger partial charge in [-0.2, -0.15) is 0 Å². The van der Waals surface area contributed by atoms with Crippen molar-refractivity contribution in [2.45, 2.75) is 97.4 Å². The van der Waals surface area contributed by atoms with Crippen LogP contribution >= 0.6 is 0 Å². The van der Waals surface area contributed by atoms with Gasteiger partial charge < -0.3 is 19.5 Å². The average molecular weight is 485 g/mol. The first kappa shape index (κ1) is 28.9. The van der Waals surface area contributed by atoms with Crippen molar-refractivity contribution >= 4 is 35.8 Å². The van der Waals surface area contributed by atoms with Crippen LogP contribution in [0.4, 0.5) is 9.59 Å². The number of ketones is 1. The lowest BCUT2D eigenvalue weighted by Gasteiger charge is -2.33. The molecule has 2 atom stereocenters. The van der Waals surface area contributed by atoms with Gasteiger partial charge in [-0.05, 0) is 54.9 Å². The minimum absolute atomic E-state index is 0.0296. The van der Waals surface area contributed by atoms with Crippen molar-refractivity contribution in [3.63, 3.8) is 0 Å². The molecule has 1 rings (SSSR count). The average Bonchev–Trinajstić information content (AvgIpc) is 2.97. The number of nitrogens with zero attached hydrogens (tertiary/aromatic N) is 1. The van der Waals surface area contributed by atoms with Crippen molar-refractivity contribution in [3.8, 4) is 0 Å². The third-order valence-electron chi connectivity index (χ3n) is 4.32. The smallest absolute Gasteiger partial charge is 0.414 e. The molecule has 1 fully saturated rings. The number of hydrogen-bond donors (Lipinski definition) is 3. The Balaban J connectivity index is 3.49. The van der Waals surface area contributed by atoms with Crippen LogP contribution in [0, 0.1) is 0 Å². The van der Waals surface area contributed by atoms with E-state index in [0.717, 1.165) is 0 Å². The zero-order chi connectivity index (χ0) is 26.3. The van der Waals surface area contributed by atoms with Crippen LogP contribution in [-0.2, 0) is 28.6 Å². The number of amides is 3. The molecule has 0 saturated heterocycles. The maximum atomic E-state index is 12.7. The zero-order valence-corrected chi connectivity index (χ0v) is 21.1. The SMILES string of the molecule is CCOC(=O)C(NC(C)=O)C1(N=C(NC(=O)OC(C)(C)C)NC(=O)OC(C)(C)C)CCC(=O)C1. The molecule has 0 aromatic heterocycles. The van der Waals surface area contributed by atoms with E-state index in [-0.39, 0.29) is 31.7 Å². The minimum Gasteiger partial charge on any atom is -0.464 e. The number of hydrogen-bond acceptors (Lipinski definition) is 9. The molecule has 0 heterocycles. The van der Waals surface area contributed by atoms with Gasteiger partial charge in [0.1, 0.15) is 22.5 Å². The highest BCUT2D eigenvalue weighted by Crippen LogP contribution is 2.35. The molecule has 3 N–H and O–H groups in total. The van der Waals surface area contributed by atoms with Crippen LogP contribution < -0.4 is 16.0 Å². The number of Topliss-reactive ketones (excluding diaryl/α,β-unsaturated/α-hetero) is 1. The molecule has 12 heteroatoms. The molecule has 0 aromatic carbocycles. The van der Waals surface area contributed by atoms with Crippen molar-refractivity contribution in [3.05, 3.63) is 0 Å². The Morgan fingerprint density at radius 3 is 1.85 bits per heavy atom. The number of rotatable bonds is 5. The fourth-order valence-electron chi connectivity index (χ4n) is 3.23. The van der Waals surface area contributed by atoms with Crippen molar-refractivity contribution in [2.75, 3.05) is 6.61 Å². The van der Waals surface area contributed by atoms with Gasteiger partial charge in [0.15, 0.2) is 6.04 Å². The first-order valence-corrected chi connectivity index (χ1v) is 11.0. The number of esters is 1. The number of carbonyl (C=O) groups excluding carboxylic acids is 5. The molecular formula is C22H36N4O8. The second-order valence-electron chi connectivity index (χ2n) is 9.92. The van der Waals surface area contributed by atoms with Crippen LogP contribution in [0.5, 0.6) is 0 Å². The molecular weight excluding hydrogens is 448 g/mol. The Hall–Kier alpha value is -3.18. The summed E-state index contributed by atoms with van der Waals surface area (Å²) >= 11 is 0. The van der Waals surface area contributed by atoms with E-state index in [1.807, 2.05) is 0 Å². The largest absolute Gasteiger partial charge is 0.464 e. The summed E-state index contributed by atoms with van der Waals surface area (Å²) in [4.78, 5) is 66.1. The lowest BCUT2D eigenvalue weighted by molar-refractivity contribution is -0.149. The highest BCUT2D eigenvalue weighted by Gasteiger charge is 2.50. The molecule has 0 aromatic rings. The van der Waals surface area contributed by atoms with E-state index in [0.29, 0.717) is 0 Å². The standard InChI is InChI=1S/C22H36N4O8/c1-9-32-16(29)15(23-13(2)27)22(11-10-14(28)12-22)26-17(24-18(30)33-20(3,4)5)25-19(31)34-21(6,7)8/h15H,9-12H2,1-8H3,(H,23,27)(H2,24,25,26,30,31). The molecule has 0 bridgehead atoms. The maximum absolute atomic E-state index is 12.7. The van der Waals surface area contributed by atoms with Gasteiger partial charge in [0, 0.05) is 19.8 Å². The fourth-order valence-corrected chi connectivity index (χ4v) is 3.23. The summed E-state index contributed by atoms with van der Waals surface area (Å²) in [5.41, 5.74) is -3.23. The van der Waals surface area contributed by atoms with Gasteiger partial charge in [0.2, 0.25) is 11.9 Å². The second kappa shape index (κ2) is 11.3. The van der Waals surface area contributed by atoms with Crippen LogP contribution in [-0.4, -0.2) is 65.2 Å². The number of alkyl carbamates (subject to hydrolysis) is 2. The lowest BCUT2D eigenvalue weighted by atomic mass is 9.88. The molecule has 192 valence electrons. The molecule has 0 radical (unpaired) electrons. The van der Waals surface area contributed by atoms with E-state index >= 15 is 0 Å². The monoisotopic (exact) mass is 484 g/mol. The van der Waals surface area contributed by atoms with E-state index < -0.39 is 52.8 Å². The van der Waals surface area contributed by atoms with Crippen LogP contribution in [0.3, 0.4) is 0 Å². The third kappa shape index (κ3) is 9.75. The van der Waals surface area contributed by atoms with Crippen LogP contribution in [0.15, 0.2) is 4.99 Å². The summed E-state index contributed by atoms with van der Waals surface area (Å²) in [5.74, 6) is -1.96. The van der Waals surface area contributed by atoms with Gasteiger partial charge in [0.05, 0.1) is 6.61 Å². The Morgan fingerprint density at radius 2 is 1.50 bits per heavy atom. The second-order valence-corrected chi connectivity index (χ2v) is 9.92. The van der Waals surface area contributed by atoms with Crippen molar-refractivity contribution in [2.24, 2.45) is 4.99 Å². The topological polar surface area (TPSA) is 161 Å². The van der Waals surface area contributed by atoms with E-state index in [2.05, 4.69) is 20.9 Å². The normalized spacial score (nSPS) is 18.9. The number of nitrogens with one attached hydrogen (secondary N) is 3. The number of carbonyl (C=O) groups is 5. The van der Waals surface area contributed by atoms with Crippen molar-refractivity contribution in [1.29, 1.82) is 0 Å². The highest BCUT2D eigenvalue weighted by atomic mass is 16.6. The number of aliphatic imine (C=N–C) groups is 1. The van der Waals surface area contributed by atoms with E-state index in [1.54, 1.807) is 48.5 Å². The van der Waals surface area contributed by atoms with Gasteiger partial charge in [-0.3, -0.25) is 20.2 Å². The van der Waals surface area contributed by atoms with E-state index in [1.165, 1.54) is 6.92 Å². The third-order valence-corrected chi connectivity index (χ3v) is 4.32. The summed E-state index contributed by atoms with van der Waals surface area (Å²) in [6.07, 6.45) is -1.97. The molecule has 2 unspecified atom stereocenters. The molecule has 1 saturated carbocycles.